The zero-order valence-electron chi connectivity index (χ0n) is 10.3. The molecule has 1 aliphatic heterocycles. The molecular weight excluding hydrogens is 230 g/mol. The van der Waals surface area contributed by atoms with Crippen molar-refractivity contribution < 1.29 is 4.74 Å². The Hall–Kier alpha value is -0.380. The summed E-state index contributed by atoms with van der Waals surface area (Å²) in [7, 11) is 0. The minimum atomic E-state index is 0.286. The van der Waals surface area contributed by atoms with E-state index < -0.39 is 0 Å². The number of thiophene rings is 1. The normalized spacial score (nSPS) is 26.9. The van der Waals surface area contributed by atoms with E-state index >= 15 is 0 Å². The van der Waals surface area contributed by atoms with Gasteiger partial charge in [-0.15, -0.1) is 0 Å². The lowest BCUT2D eigenvalue weighted by Gasteiger charge is -2.23. The largest absolute Gasteiger partial charge is 0.370 e. The van der Waals surface area contributed by atoms with Crippen LogP contribution in [0.1, 0.15) is 44.1 Å². The summed E-state index contributed by atoms with van der Waals surface area (Å²) in [6, 6.07) is 2.19. The van der Waals surface area contributed by atoms with Crippen molar-refractivity contribution in [2.24, 2.45) is 0 Å². The van der Waals surface area contributed by atoms with Crippen LogP contribution in [0.25, 0.3) is 0 Å². The van der Waals surface area contributed by atoms with E-state index in [4.69, 9.17) is 4.74 Å². The molecule has 1 saturated heterocycles. The van der Waals surface area contributed by atoms with E-state index in [-0.39, 0.29) is 5.60 Å². The Labute approximate surface area is 107 Å². The van der Waals surface area contributed by atoms with Crippen molar-refractivity contribution in [1.29, 1.82) is 0 Å². The highest BCUT2D eigenvalue weighted by molar-refractivity contribution is 7.07. The number of rotatable bonds is 4. The zero-order valence-corrected chi connectivity index (χ0v) is 11.1. The molecular formula is C14H21NOS. The molecule has 1 N–H and O–H groups in total. The highest BCUT2D eigenvalue weighted by Gasteiger charge is 2.41. The second-order valence-electron chi connectivity index (χ2n) is 5.43. The number of hydrogen-bond acceptors (Lipinski definition) is 3. The van der Waals surface area contributed by atoms with E-state index in [2.05, 4.69) is 22.1 Å². The first-order valence-electron chi connectivity index (χ1n) is 6.76. The van der Waals surface area contributed by atoms with E-state index in [9.17, 15) is 0 Å². The highest BCUT2D eigenvalue weighted by atomic mass is 32.1. The van der Waals surface area contributed by atoms with Gasteiger partial charge in [-0.05, 0) is 48.1 Å². The van der Waals surface area contributed by atoms with E-state index in [1.165, 1.54) is 44.1 Å². The fourth-order valence-corrected chi connectivity index (χ4v) is 3.87. The van der Waals surface area contributed by atoms with Gasteiger partial charge in [0, 0.05) is 13.1 Å². The smallest absolute Gasteiger partial charge is 0.0708 e. The van der Waals surface area contributed by atoms with Crippen molar-refractivity contribution in [3.8, 4) is 0 Å². The van der Waals surface area contributed by atoms with Gasteiger partial charge in [0.2, 0.25) is 0 Å². The number of hydrogen-bond donors (Lipinski definition) is 1. The topological polar surface area (TPSA) is 21.3 Å². The minimum Gasteiger partial charge on any atom is -0.370 e. The molecule has 17 heavy (non-hydrogen) atoms. The second-order valence-corrected chi connectivity index (χ2v) is 6.21. The summed E-state index contributed by atoms with van der Waals surface area (Å²) in [5.41, 5.74) is 1.68. The summed E-state index contributed by atoms with van der Waals surface area (Å²) < 4.78 is 6.27. The van der Waals surface area contributed by atoms with E-state index in [1.54, 1.807) is 11.3 Å². The van der Waals surface area contributed by atoms with E-state index in [0.29, 0.717) is 6.10 Å². The SMILES string of the molecule is c1cc(CNCC2CCC3(CCCC3)O2)cs1. The van der Waals surface area contributed by atoms with Gasteiger partial charge in [-0.1, -0.05) is 12.8 Å². The molecule has 1 aromatic rings. The Morgan fingerprint density at radius 2 is 2.24 bits per heavy atom. The van der Waals surface area contributed by atoms with Crippen molar-refractivity contribution in [2.75, 3.05) is 6.54 Å². The summed E-state index contributed by atoms with van der Waals surface area (Å²) in [5, 5.41) is 7.86. The van der Waals surface area contributed by atoms with E-state index in [0.717, 1.165) is 13.1 Å². The van der Waals surface area contributed by atoms with Gasteiger partial charge in [0.25, 0.3) is 0 Å². The lowest BCUT2D eigenvalue weighted by Crippen LogP contribution is -2.30. The minimum absolute atomic E-state index is 0.286. The average molecular weight is 251 g/mol. The first-order chi connectivity index (χ1) is 8.36. The van der Waals surface area contributed by atoms with Gasteiger partial charge in [-0.3, -0.25) is 0 Å². The standard InChI is InChI=1S/C14H21NOS/c1-2-6-14(5-1)7-3-13(16-14)10-15-9-12-4-8-17-11-12/h4,8,11,13,15H,1-3,5-7,9-10H2. The molecule has 0 bridgehead atoms. The van der Waals surface area contributed by atoms with Crippen LogP contribution in [-0.2, 0) is 11.3 Å². The maximum Gasteiger partial charge on any atom is 0.0708 e. The number of nitrogens with one attached hydrogen (secondary N) is 1. The van der Waals surface area contributed by atoms with Crippen LogP contribution in [0.4, 0.5) is 0 Å². The van der Waals surface area contributed by atoms with Crippen LogP contribution < -0.4 is 5.32 Å². The predicted octanol–water partition coefficient (Wildman–Crippen LogP) is 3.33. The van der Waals surface area contributed by atoms with Gasteiger partial charge in [0.1, 0.15) is 0 Å². The molecule has 2 nitrogen and oxygen atoms in total. The Kier molecular flexibility index (Phi) is 3.50. The van der Waals surface area contributed by atoms with Crippen molar-refractivity contribution in [3.05, 3.63) is 22.4 Å². The Morgan fingerprint density at radius 3 is 3.00 bits per heavy atom. The van der Waals surface area contributed by atoms with Gasteiger partial charge in [0.05, 0.1) is 11.7 Å². The Bertz CT molecular complexity index is 343. The summed E-state index contributed by atoms with van der Waals surface area (Å²) in [6.07, 6.45) is 8.33. The van der Waals surface area contributed by atoms with Gasteiger partial charge in [-0.25, -0.2) is 0 Å². The first kappa shape index (κ1) is 11.7. The highest BCUT2D eigenvalue weighted by Crippen LogP contribution is 2.43. The van der Waals surface area contributed by atoms with Crippen LogP contribution in [0.15, 0.2) is 16.8 Å². The van der Waals surface area contributed by atoms with Crippen molar-refractivity contribution >= 4 is 11.3 Å². The van der Waals surface area contributed by atoms with Crippen LogP contribution >= 0.6 is 11.3 Å². The maximum atomic E-state index is 6.27. The summed E-state index contributed by atoms with van der Waals surface area (Å²) in [5.74, 6) is 0. The average Bonchev–Trinajstić information content (AvgIpc) is 3.04. The lowest BCUT2D eigenvalue weighted by molar-refractivity contribution is -0.0351. The molecule has 1 unspecified atom stereocenters. The Morgan fingerprint density at radius 1 is 1.35 bits per heavy atom. The quantitative estimate of drug-likeness (QED) is 0.886. The molecule has 0 amide bonds. The summed E-state index contributed by atoms with van der Waals surface area (Å²) in [6.45, 7) is 1.99. The van der Waals surface area contributed by atoms with Crippen LogP contribution in [0, 0.1) is 0 Å². The molecule has 2 heterocycles. The molecule has 1 aromatic heterocycles. The molecule has 0 aromatic carbocycles. The van der Waals surface area contributed by atoms with Crippen molar-refractivity contribution in [2.45, 2.75) is 56.8 Å². The van der Waals surface area contributed by atoms with Crippen LogP contribution in [0.3, 0.4) is 0 Å². The summed E-state index contributed by atoms with van der Waals surface area (Å²) in [4.78, 5) is 0. The van der Waals surface area contributed by atoms with Crippen LogP contribution in [0.2, 0.25) is 0 Å². The molecule has 1 aliphatic carbocycles. The van der Waals surface area contributed by atoms with Gasteiger partial charge in [-0.2, -0.15) is 11.3 Å². The van der Waals surface area contributed by atoms with Crippen molar-refractivity contribution in [3.63, 3.8) is 0 Å². The zero-order chi connectivity index (χ0) is 11.6. The first-order valence-corrected chi connectivity index (χ1v) is 7.70. The van der Waals surface area contributed by atoms with Crippen molar-refractivity contribution in [1.82, 2.24) is 5.32 Å². The molecule has 0 radical (unpaired) electrons. The third-order valence-electron chi connectivity index (χ3n) is 4.13. The molecule has 1 saturated carbocycles. The Balaban J connectivity index is 1.42. The predicted molar refractivity (Wildman–Crippen MR) is 71.3 cm³/mol. The van der Waals surface area contributed by atoms with E-state index in [1.807, 2.05) is 0 Å². The molecule has 1 atom stereocenters. The monoisotopic (exact) mass is 251 g/mol. The lowest BCUT2D eigenvalue weighted by atomic mass is 9.98. The third kappa shape index (κ3) is 2.72. The van der Waals surface area contributed by atoms with Gasteiger partial charge >= 0.3 is 0 Å². The van der Waals surface area contributed by atoms with Crippen LogP contribution in [0.5, 0.6) is 0 Å². The molecule has 2 aliphatic rings. The second kappa shape index (κ2) is 5.09. The number of ether oxygens (including phenoxy) is 1. The van der Waals surface area contributed by atoms with Gasteiger partial charge in [0.15, 0.2) is 0 Å². The maximum absolute atomic E-state index is 6.27. The fraction of sp³-hybridized carbons (Fsp3) is 0.714. The fourth-order valence-electron chi connectivity index (χ4n) is 3.20. The summed E-state index contributed by atoms with van der Waals surface area (Å²) >= 11 is 1.77. The van der Waals surface area contributed by atoms with Crippen LogP contribution in [-0.4, -0.2) is 18.2 Å². The molecule has 2 fully saturated rings. The molecule has 3 rings (SSSR count). The molecule has 94 valence electrons. The molecule has 3 heteroatoms. The van der Waals surface area contributed by atoms with Gasteiger partial charge < -0.3 is 10.1 Å². The molecule has 1 spiro atoms. The third-order valence-corrected chi connectivity index (χ3v) is 4.87.